The quantitative estimate of drug-likeness (QED) is 0.721. The van der Waals surface area contributed by atoms with Crippen molar-refractivity contribution < 1.29 is 0 Å². The van der Waals surface area contributed by atoms with Gasteiger partial charge in [0.15, 0.2) is 12.0 Å². The summed E-state index contributed by atoms with van der Waals surface area (Å²) in [6.45, 7) is 0. The highest BCUT2D eigenvalue weighted by Gasteiger charge is 2.37. The van der Waals surface area contributed by atoms with E-state index in [2.05, 4.69) is 20.1 Å². The number of pyridine rings is 2. The summed E-state index contributed by atoms with van der Waals surface area (Å²) in [5, 5.41) is 8.06. The Morgan fingerprint density at radius 1 is 0.957 bits per heavy atom. The van der Waals surface area contributed by atoms with Crippen LogP contribution >= 0.6 is 0 Å². The highest BCUT2D eigenvalue weighted by Crippen LogP contribution is 2.32. The predicted octanol–water partition coefficient (Wildman–Crippen LogP) is 1.86. The lowest BCUT2D eigenvalue weighted by Crippen LogP contribution is -2.41. The average molecular weight is 305 g/mol. The molecule has 3 N–H and O–H groups in total. The Labute approximate surface area is 133 Å². The first kappa shape index (κ1) is 13.5. The van der Waals surface area contributed by atoms with Crippen molar-refractivity contribution in [1.29, 1.82) is 0 Å². The number of hydrogen-bond donors (Lipinski definition) is 2. The summed E-state index contributed by atoms with van der Waals surface area (Å²) in [6.07, 6.45) is 4.97. The van der Waals surface area contributed by atoms with E-state index in [0.717, 1.165) is 11.5 Å². The highest BCUT2D eigenvalue weighted by molar-refractivity contribution is 5.99. The van der Waals surface area contributed by atoms with Crippen LogP contribution in [-0.4, -0.2) is 25.8 Å². The Hall–Kier alpha value is -3.19. The summed E-state index contributed by atoms with van der Waals surface area (Å²) < 4.78 is 0. The van der Waals surface area contributed by atoms with E-state index in [1.54, 1.807) is 17.4 Å². The molecule has 0 bridgehead atoms. The summed E-state index contributed by atoms with van der Waals surface area (Å²) in [5.41, 5.74) is 1.52. The van der Waals surface area contributed by atoms with Crippen molar-refractivity contribution in [2.75, 3.05) is 5.01 Å². The number of aromatic nitrogens is 3. The largest absolute Gasteiger partial charge is 0.347 e. The summed E-state index contributed by atoms with van der Waals surface area (Å²) in [4.78, 5) is 11.9. The summed E-state index contributed by atoms with van der Waals surface area (Å²) in [5.74, 6) is 7.78. The van der Waals surface area contributed by atoms with Gasteiger partial charge in [0, 0.05) is 18.6 Å². The van der Waals surface area contributed by atoms with Gasteiger partial charge in [-0.3, -0.25) is 15.0 Å². The van der Waals surface area contributed by atoms with E-state index >= 15 is 0 Å². The summed E-state index contributed by atoms with van der Waals surface area (Å²) >= 11 is 0. The van der Waals surface area contributed by atoms with Gasteiger partial charge >= 0.3 is 0 Å². The van der Waals surface area contributed by atoms with Gasteiger partial charge in [-0.05, 0) is 36.4 Å². The lowest BCUT2D eigenvalue weighted by Gasteiger charge is -2.26. The number of nitrogens with two attached hydrogens (primary N) is 1. The third-order valence-electron chi connectivity index (χ3n) is 3.62. The van der Waals surface area contributed by atoms with E-state index in [1.165, 1.54) is 0 Å². The van der Waals surface area contributed by atoms with Crippen LogP contribution in [0, 0.1) is 0 Å². The number of H-pyrrole nitrogens is 1. The molecule has 23 heavy (non-hydrogen) atoms. The first-order valence-corrected chi connectivity index (χ1v) is 7.22. The zero-order valence-corrected chi connectivity index (χ0v) is 12.2. The predicted molar refractivity (Wildman–Crippen MR) is 87.1 cm³/mol. The van der Waals surface area contributed by atoms with Crippen LogP contribution in [0.4, 0.5) is 5.82 Å². The number of nitrogens with one attached hydrogen (secondary N) is 1. The van der Waals surface area contributed by atoms with Crippen molar-refractivity contribution in [2.45, 2.75) is 6.17 Å². The molecule has 4 rings (SSSR count). The molecule has 0 spiro atoms. The van der Waals surface area contributed by atoms with Gasteiger partial charge in [0.25, 0.3) is 0 Å². The number of rotatable bonds is 3. The fourth-order valence-corrected chi connectivity index (χ4v) is 2.57. The van der Waals surface area contributed by atoms with E-state index in [-0.39, 0.29) is 6.17 Å². The van der Waals surface area contributed by atoms with Gasteiger partial charge in [-0.1, -0.05) is 12.1 Å². The molecule has 1 unspecified atom stereocenters. The van der Waals surface area contributed by atoms with Crippen LogP contribution in [-0.2, 0) is 0 Å². The molecule has 3 aromatic heterocycles. The van der Waals surface area contributed by atoms with Gasteiger partial charge in [0.05, 0.1) is 5.69 Å². The second-order valence-corrected chi connectivity index (χ2v) is 5.07. The Balaban J connectivity index is 1.80. The third kappa shape index (κ3) is 2.33. The van der Waals surface area contributed by atoms with Gasteiger partial charge in [0.1, 0.15) is 11.5 Å². The van der Waals surface area contributed by atoms with Crippen molar-refractivity contribution >= 4 is 11.7 Å². The van der Waals surface area contributed by atoms with Crippen LogP contribution in [0.1, 0.15) is 17.6 Å². The molecule has 0 radical (unpaired) electrons. The van der Waals surface area contributed by atoms with Crippen molar-refractivity contribution in [2.24, 2.45) is 10.9 Å². The number of aromatic amines is 1. The SMILES string of the molecule is NN1C(c2ccccn2)=NN(c2ccc[nH]2)C1c1ccccn1. The van der Waals surface area contributed by atoms with Crippen LogP contribution in [0.2, 0.25) is 0 Å². The first-order valence-electron chi connectivity index (χ1n) is 7.22. The average Bonchev–Trinajstić information content (AvgIpc) is 3.24. The zero-order chi connectivity index (χ0) is 15.6. The Kier molecular flexibility index (Phi) is 3.25. The normalized spacial score (nSPS) is 17.4. The highest BCUT2D eigenvalue weighted by atomic mass is 15.7. The molecule has 114 valence electrons. The fraction of sp³-hybridized carbons (Fsp3) is 0.0625. The second kappa shape index (κ2) is 5.54. The Morgan fingerprint density at radius 2 is 1.78 bits per heavy atom. The maximum Gasteiger partial charge on any atom is 0.191 e. The minimum absolute atomic E-state index is 0.341. The molecule has 1 aliphatic rings. The van der Waals surface area contributed by atoms with Crippen LogP contribution in [0.15, 0.2) is 72.2 Å². The van der Waals surface area contributed by atoms with Crippen LogP contribution in [0.5, 0.6) is 0 Å². The van der Waals surface area contributed by atoms with Crippen molar-refractivity contribution in [3.63, 3.8) is 0 Å². The number of amidine groups is 1. The zero-order valence-electron chi connectivity index (χ0n) is 12.2. The Morgan fingerprint density at radius 3 is 2.43 bits per heavy atom. The standard InChI is InChI=1S/C16H15N7/c17-22-15(12-6-1-3-9-18-12)21-23(14-8-5-11-20-14)16(22)13-7-2-4-10-19-13/h1-11,16,20H,17H2. The molecular formula is C16H15N7. The topological polar surface area (TPSA) is 86.4 Å². The number of hydrazine groups is 1. The monoisotopic (exact) mass is 305 g/mol. The number of anilines is 1. The van der Waals surface area contributed by atoms with Crippen molar-refractivity contribution in [3.05, 3.63) is 78.5 Å². The molecular weight excluding hydrogens is 290 g/mol. The number of hydrogen-bond acceptors (Lipinski definition) is 6. The molecule has 4 heterocycles. The van der Waals surface area contributed by atoms with Gasteiger partial charge in [-0.2, -0.15) is 0 Å². The van der Waals surface area contributed by atoms with Gasteiger partial charge < -0.3 is 4.98 Å². The minimum Gasteiger partial charge on any atom is -0.347 e. The van der Waals surface area contributed by atoms with Gasteiger partial charge in [-0.15, -0.1) is 5.10 Å². The summed E-state index contributed by atoms with van der Waals surface area (Å²) in [6, 6.07) is 15.2. The molecule has 1 atom stereocenters. The molecule has 1 aliphatic heterocycles. The van der Waals surface area contributed by atoms with E-state index in [9.17, 15) is 0 Å². The molecule has 0 aromatic carbocycles. The second-order valence-electron chi connectivity index (χ2n) is 5.07. The number of hydrazone groups is 1. The van der Waals surface area contributed by atoms with Crippen molar-refractivity contribution in [3.8, 4) is 0 Å². The van der Waals surface area contributed by atoms with Crippen molar-refractivity contribution in [1.82, 2.24) is 20.0 Å². The van der Waals surface area contributed by atoms with Crippen LogP contribution < -0.4 is 10.9 Å². The van der Waals surface area contributed by atoms with Crippen LogP contribution in [0.25, 0.3) is 0 Å². The summed E-state index contributed by atoms with van der Waals surface area (Å²) in [7, 11) is 0. The maximum absolute atomic E-state index is 6.35. The molecule has 3 aromatic rings. The molecule has 0 aliphatic carbocycles. The minimum atomic E-state index is -0.341. The molecule has 0 saturated heterocycles. The van der Waals surface area contributed by atoms with Gasteiger partial charge in [0.2, 0.25) is 0 Å². The smallest absolute Gasteiger partial charge is 0.191 e. The fourth-order valence-electron chi connectivity index (χ4n) is 2.57. The van der Waals surface area contributed by atoms with Gasteiger partial charge in [-0.25, -0.2) is 10.9 Å². The number of nitrogens with zero attached hydrogens (tertiary/aromatic N) is 5. The lowest BCUT2D eigenvalue weighted by atomic mass is 10.2. The molecule has 7 nitrogen and oxygen atoms in total. The molecule has 0 fully saturated rings. The lowest BCUT2D eigenvalue weighted by molar-refractivity contribution is 0.340. The molecule has 7 heteroatoms. The Bertz CT molecular complexity index is 799. The molecule has 0 saturated carbocycles. The molecule has 0 amide bonds. The van der Waals surface area contributed by atoms with E-state index in [4.69, 9.17) is 5.84 Å². The third-order valence-corrected chi connectivity index (χ3v) is 3.62. The van der Waals surface area contributed by atoms with E-state index in [0.29, 0.717) is 11.5 Å². The first-order chi connectivity index (χ1) is 11.3. The van der Waals surface area contributed by atoms with E-state index in [1.807, 2.05) is 59.7 Å². The van der Waals surface area contributed by atoms with Crippen LogP contribution in [0.3, 0.4) is 0 Å². The maximum atomic E-state index is 6.35. The van der Waals surface area contributed by atoms with E-state index < -0.39 is 0 Å².